The molecule has 0 radical (unpaired) electrons. The van der Waals surface area contributed by atoms with Crippen molar-refractivity contribution >= 4 is 5.91 Å². The van der Waals surface area contributed by atoms with Crippen molar-refractivity contribution in [2.45, 2.75) is 32.3 Å². The third kappa shape index (κ3) is 4.88. The molecule has 17 heavy (non-hydrogen) atoms. The molecule has 1 heterocycles. The second kappa shape index (κ2) is 7.45. The molecule has 4 heteroatoms. The smallest absolute Gasteiger partial charge is 0.222 e. The van der Waals surface area contributed by atoms with Crippen LogP contribution < -0.4 is 0 Å². The maximum Gasteiger partial charge on any atom is 0.222 e. The molecule has 0 saturated carbocycles. The predicted octanol–water partition coefficient (Wildman–Crippen LogP) is 1.20. The van der Waals surface area contributed by atoms with Gasteiger partial charge < -0.3 is 14.7 Å². The Morgan fingerprint density at radius 2 is 2.41 bits per heavy atom. The van der Waals surface area contributed by atoms with Crippen LogP contribution >= 0.6 is 0 Å². The SMILES string of the molecule is C=CCOCCCC(=O)N1CCC(C)C(O)C1. The molecule has 0 bridgehead atoms. The van der Waals surface area contributed by atoms with Gasteiger partial charge in [-0.15, -0.1) is 6.58 Å². The summed E-state index contributed by atoms with van der Waals surface area (Å²) >= 11 is 0. The van der Waals surface area contributed by atoms with Crippen molar-refractivity contribution in [3.05, 3.63) is 12.7 Å². The Morgan fingerprint density at radius 3 is 3.06 bits per heavy atom. The summed E-state index contributed by atoms with van der Waals surface area (Å²) in [6.45, 7) is 7.95. The summed E-state index contributed by atoms with van der Waals surface area (Å²) in [5.41, 5.74) is 0. The second-order valence-electron chi connectivity index (χ2n) is 4.64. The number of carbonyl (C=O) groups excluding carboxylic acids is 1. The molecule has 4 nitrogen and oxygen atoms in total. The summed E-state index contributed by atoms with van der Waals surface area (Å²) in [6.07, 6.45) is 3.45. The summed E-state index contributed by atoms with van der Waals surface area (Å²) in [6, 6.07) is 0. The number of aliphatic hydroxyl groups excluding tert-OH is 1. The topological polar surface area (TPSA) is 49.8 Å². The zero-order valence-electron chi connectivity index (χ0n) is 10.6. The lowest BCUT2D eigenvalue weighted by molar-refractivity contribution is -0.135. The molecule has 1 aliphatic heterocycles. The fraction of sp³-hybridized carbons (Fsp3) is 0.769. The van der Waals surface area contributed by atoms with Gasteiger partial charge >= 0.3 is 0 Å². The van der Waals surface area contributed by atoms with Crippen molar-refractivity contribution in [1.29, 1.82) is 0 Å². The lowest BCUT2D eigenvalue weighted by Gasteiger charge is -2.34. The van der Waals surface area contributed by atoms with Gasteiger partial charge in [-0.05, 0) is 18.8 Å². The van der Waals surface area contributed by atoms with Gasteiger partial charge in [-0.1, -0.05) is 13.0 Å². The van der Waals surface area contributed by atoms with Crippen LogP contribution in [0.25, 0.3) is 0 Å². The summed E-state index contributed by atoms with van der Waals surface area (Å²) in [5, 5.41) is 9.71. The first-order valence-electron chi connectivity index (χ1n) is 6.29. The highest BCUT2D eigenvalue weighted by atomic mass is 16.5. The molecule has 0 aliphatic carbocycles. The summed E-state index contributed by atoms with van der Waals surface area (Å²) in [5.74, 6) is 0.424. The number of hydrogen-bond acceptors (Lipinski definition) is 3. The van der Waals surface area contributed by atoms with E-state index in [2.05, 4.69) is 6.58 Å². The van der Waals surface area contributed by atoms with Crippen molar-refractivity contribution in [3.8, 4) is 0 Å². The van der Waals surface area contributed by atoms with Crippen LogP contribution in [0.1, 0.15) is 26.2 Å². The Balaban J connectivity index is 2.17. The van der Waals surface area contributed by atoms with Gasteiger partial charge in [-0.25, -0.2) is 0 Å². The van der Waals surface area contributed by atoms with Crippen LogP contribution in [-0.2, 0) is 9.53 Å². The fourth-order valence-electron chi connectivity index (χ4n) is 1.93. The highest BCUT2D eigenvalue weighted by Gasteiger charge is 2.26. The van der Waals surface area contributed by atoms with Gasteiger partial charge in [0.1, 0.15) is 0 Å². The Hall–Kier alpha value is -0.870. The van der Waals surface area contributed by atoms with Crippen LogP contribution in [-0.4, -0.2) is 48.3 Å². The van der Waals surface area contributed by atoms with Gasteiger partial charge in [-0.3, -0.25) is 4.79 Å². The van der Waals surface area contributed by atoms with Gasteiger partial charge in [0.2, 0.25) is 5.91 Å². The van der Waals surface area contributed by atoms with Gasteiger partial charge in [0, 0.05) is 26.1 Å². The molecule has 1 N–H and O–H groups in total. The molecule has 98 valence electrons. The molecule has 0 aromatic carbocycles. The van der Waals surface area contributed by atoms with E-state index < -0.39 is 0 Å². The molecule has 0 spiro atoms. The monoisotopic (exact) mass is 241 g/mol. The van der Waals surface area contributed by atoms with E-state index in [-0.39, 0.29) is 12.0 Å². The van der Waals surface area contributed by atoms with Gasteiger partial charge in [0.25, 0.3) is 0 Å². The molecule has 1 fully saturated rings. The number of piperidine rings is 1. The maximum absolute atomic E-state index is 11.8. The number of β-amino-alcohol motifs (C(OH)–C–C–N with tert-alkyl or cyclic N) is 1. The van der Waals surface area contributed by atoms with Crippen LogP contribution in [0.5, 0.6) is 0 Å². The van der Waals surface area contributed by atoms with Crippen LogP contribution in [0.2, 0.25) is 0 Å². The first kappa shape index (κ1) is 14.2. The van der Waals surface area contributed by atoms with E-state index in [1.807, 2.05) is 6.92 Å². The lowest BCUT2D eigenvalue weighted by Crippen LogP contribution is -2.45. The highest BCUT2D eigenvalue weighted by molar-refractivity contribution is 5.76. The standard InChI is InChI=1S/C13H23NO3/c1-3-8-17-9-4-5-13(16)14-7-6-11(2)12(15)10-14/h3,11-12,15H,1,4-10H2,2H3. The van der Waals surface area contributed by atoms with E-state index in [0.29, 0.717) is 32.1 Å². The van der Waals surface area contributed by atoms with E-state index in [9.17, 15) is 9.90 Å². The normalized spacial score (nSPS) is 24.7. The highest BCUT2D eigenvalue weighted by Crippen LogP contribution is 2.17. The molecule has 1 rings (SSSR count). The number of rotatable bonds is 6. The van der Waals surface area contributed by atoms with E-state index >= 15 is 0 Å². The van der Waals surface area contributed by atoms with Crippen LogP contribution in [0.3, 0.4) is 0 Å². The molecule has 1 amide bonds. The van der Waals surface area contributed by atoms with Gasteiger partial charge in [0.15, 0.2) is 0 Å². The molecule has 2 unspecified atom stereocenters. The molecular formula is C13H23NO3. The second-order valence-corrected chi connectivity index (χ2v) is 4.64. The number of likely N-dealkylation sites (tertiary alicyclic amines) is 1. The first-order chi connectivity index (χ1) is 8.15. The molecule has 0 aromatic rings. The number of ether oxygens (including phenoxy) is 1. The molecule has 1 saturated heterocycles. The summed E-state index contributed by atoms with van der Waals surface area (Å²) in [4.78, 5) is 13.6. The van der Waals surface area contributed by atoms with Crippen LogP contribution in [0, 0.1) is 5.92 Å². The average Bonchev–Trinajstić information content (AvgIpc) is 2.32. The number of nitrogens with zero attached hydrogens (tertiary/aromatic N) is 1. The van der Waals surface area contributed by atoms with Crippen molar-refractivity contribution in [1.82, 2.24) is 4.90 Å². The Bertz CT molecular complexity index is 255. The van der Waals surface area contributed by atoms with Crippen LogP contribution in [0.15, 0.2) is 12.7 Å². The van der Waals surface area contributed by atoms with Crippen molar-refractivity contribution in [2.75, 3.05) is 26.3 Å². The van der Waals surface area contributed by atoms with Gasteiger partial charge in [0.05, 0.1) is 12.7 Å². The Labute approximate surface area is 103 Å². The molecular weight excluding hydrogens is 218 g/mol. The van der Waals surface area contributed by atoms with Crippen molar-refractivity contribution < 1.29 is 14.6 Å². The lowest BCUT2D eigenvalue weighted by atomic mass is 9.96. The third-order valence-electron chi connectivity index (χ3n) is 3.19. The summed E-state index contributed by atoms with van der Waals surface area (Å²) in [7, 11) is 0. The Morgan fingerprint density at radius 1 is 1.65 bits per heavy atom. The van der Waals surface area contributed by atoms with E-state index in [0.717, 1.165) is 19.4 Å². The zero-order valence-corrected chi connectivity index (χ0v) is 10.6. The number of hydrogen-bond donors (Lipinski definition) is 1. The summed E-state index contributed by atoms with van der Waals surface area (Å²) < 4.78 is 5.22. The number of carbonyl (C=O) groups is 1. The quantitative estimate of drug-likeness (QED) is 0.561. The third-order valence-corrected chi connectivity index (χ3v) is 3.19. The van der Waals surface area contributed by atoms with E-state index in [1.54, 1.807) is 11.0 Å². The van der Waals surface area contributed by atoms with Gasteiger partial charge in [-0.2, -0.15) is 0 Å². The minimum atomic E-state index is -0.371. The molecule has 2 atom stereocenters. The number of amides is 1. The van der Waals surface area contributed by atoms with E-state index in [1.165, 1.54) is 0 Å². The van der Waals surface area contributed by atoms with E-state index in [4.69, 9.17) is 4.74 Å². The first-order valence-corrected chi connectivity index (χ1v) is 6.29. The average molecular weight is 241 g/mol. The van der Waals surface area contributed by atoms with Crippen LogP contribution in [0.4, 0.5) is 0 Å². The largest absolute Gasteiger partial charge is 0.391 e. The maximum atomic E-state index is 11.8. The fourth-order valence-corrected chi connectivity index (χ4v) is 1.93. The van der Waals surface area contributed by atoms with Crippen molar-refractivity contribution in [3.63, 3.8) is 0 Å². The zero-order chi connectivity index (χ0) is 12.7. The molecule has 1 aliphatic rings. The minimum Gasteiger partial charge on any atom is -0.391 e. The minimum absolute atomic E-state index is 0.123. The predicted molar refractivity (Wildman–Crippen MR) is 66.6 cm³/mol. The number of aliphatic hydroxyl groups is 1. The molecule has 0 aromatic heterocycles. The Kier molecular flexibility index (Phi) is 6.22. The van der Waals surface area contributed by atoms with Crippen molar-refractivity contribution in [2.24, 2.45) is 5.92 Å².